The Kier molecular flexibility index (Phi) is 6.07. The monoisotopic (exact) mass is 352 g/mol. The minimum absolute atomic E-state index is 0.124. The topological polar surface area (TPSA) is 61.8 Å². The van der Waals surface area contributed by atoms with E-state index in [4.69, 9.17) is 4.74 Å². The summed E-state index contributed by atoms with van der Waals surface area (Å²) in [6, 6.07) is 0.104. The number of amides is 1. The minimum atomic E-state index is -0.377. The zero-order valence-corrected chi connectivity index (χ0v) is 16.2. The molecule has 4 atom stereocenters. The van der Waals surface area contributed by atoms with Gasteiger partial charge in [-0.2, -0.15) is 0 Å². The molecule has 0 radical (unpaired) electrons. The van der Waals surface area contributed by atoms with Crippen molar-refractivity contribution in [3.8, 4) is 0 Å². The van der Waals surface area contributed by atoms with E-state index in [-0.39, 0.29) is 24.1 Å². The van der Waals surface area contributed by atoms with Crippen LogP contribution in [-0.4, -0.2) is 60.4 Å². The predicted octanol–water partition coefficient (Wildman–Crippen LogP) is 2.18. The molecule has 2 unspecified atom stereocenters. The van der Waals surface area contributed by atoms with Gasteiger partial charge in [-0.1, -0.05) is 20.8 Å². The second kappa shape index (κ2) is 7.93. The average molecular weight is 353 g/mol. The third kappa shape index (κ3) is 5.18. The number of nitrogens with one attached hydrogen (secondary N) is 1. The van der Waals surface area contributed by atoms with Crippen LogP contribution in [0, 0.1) is 17.3 Å². The number of hydrogen-bond donors (Lipinski definition) is 2. The fourth-order valence-electron chi connectivity index (χ4n) is 5.37. The maximum atomic E-state index is 12.9. The standard InChI is InChI=1S/C20H36N2O3/c1-14-8-16(11-20(2,3)10-14)21-19(24)18-9-17(23)13-22(18)12-15-4-6-25-7-5-15/h14-18,23H,4-13H2,1-3H3,(H,21,24)/t14?,16?,17-,18-/m0/s1. The Bertz CT molecular complexity index is 462. The molecule has 0 aromatic rings. The first kappa shape index (κ1) is 19.1. The molecule has 0 aromatic carbocycles. The fourth-order valence-corrected chi connectivity index (χ4v) is 5.37. The number of carbonyl (C=O) groups excluding carboxylic acids is 1. The first-order chi connectivity index (χ1) is 11.8. The van der Waals surface area contributed by atoms with Crippen LogP contribution in [0.15, 0.2) is 0 Å². The highest BCUT2D eigenvalue weighted by Gasteiger charge is 2.39. The highest BCUT2D eigenvalue weighted by atomic mass is 16.5. The van der Waals surface area contributed by atoms with Gasteiger partial charge in [0.15, 0.2) is 0 Å². The Hall–Kier alpha value is -0.650. The van der Waals surface area contributed by atoms with Crippen LogP contribution >= 0.6 is 0 Å². The number of aliphatic hydroxyl groups is 1. The van der Waals surface area contributed by atoms with Crippen LogP contribution in [-0.2, 0) is 9.53 Å². The molecule has 2 saturated heterocycles. The van der Waals surface area contributed by atoms with Crippen molar-refractivity contribution in [2.75, 3.05) is 26.3 Å². The van der Waals surface area contributed by atoms with E-state index in [2.05, 4.69) is 31.0 Å². The number of nitrogens with zero attached hydrogens (tertiary/aromatic N) is 1. The van der Waals surface area contributed by atoms with E-state index in [1.807, 2.05) is 0 Å². The molecule has 3 fully saturated rings. The van der Waals surface area contributed by atoms with E-state index in [9.17, 15) is 9.90 Å². The number of carbonyl (C=O) groups is 1. The maximum Gasteiger partial charge on any atom is 0.237 e. The average Bonchev–Trinajstić information content (AvgIpc) is 2.87. The largest absolute Gasteiger partial charge is 0.392 e. The van der Waals surface area contributed by atoms with Crippen molar-refractivity contribution in [3.63, 3.8) is 0 Å². The summed E-state index contributed by atoms with van der Waals surface area (Å²) in [5.41, 5.74) is 0.298. The van der Waals surface area contributed by atoms with Crippen molar-refractivity contribution < 1.29 is 14.6 Å². The van der Waals surface area contributed by atoms with Crippen molar-refractivity contribution >= 4 is 5.91 Å². The number of likely N-dealkylation sites (tertiary alicyclic amines) is 1. The van der Waals surface area contributed by atoms with Gasteiger partial charge in [0.2, 0.25) is 5.91 Å². The van der Waals surface area contributed by atoms with Crippen LogP contribution in [0.2, 0.25) is 0 Å². The van der Waals surface area contributed by atoms with Crippen LogP contribution in [0.3, 0.4) is 0 Å². The van der Waals surface area contributed by atoms with E-state index in [1.54, 1.807) is 0 Å². The number of β-amino-alcohol motifs (C(OH)–C–C–N with tert-alkyl or cyclic N) is 1. The molecule has 1 aliphatic carbocycles. The summed E-state index contributed by atoms with van der Waals surface area (Å²) in [4.78, 5) is 15.2. The molecule has 0 bridgehead atoms. The predicted molar refractivity (Wildman–Crippen MR) is 98.3 cm³/mol. The Balaban J connectivity index is 1.57. The molecule has 5 nitrogen and oxygen atoms in total. The summed E-state index contributed by atoms with van der Waals surface area (Å²) in [6.45, 7) is 10.1. The van der Waals surface area contributed by atoms with Crippen molar-refractivity contribution in [3.05, 3.63) is 0 Å². The minimum Gasteiger partial charge on any atom is -0.392 e. The van der Waals surface area contributed by atoms with Gasteiger partial charge in [0, 0.05) is 32.3 Å². The van der Waals surface area contributed by atoms with Crippen LogP contribution in [0.4, 0.5) is 0 Å². The normalized spacial score (nSPS) is 37.1. The first-order valence-corrected chi connectivity index (χ1v) is 10.1. The molecule has 2 heterocycles. The number of hydrogen-bond acceptors (Lipinski definition) is 4. The lowest BCUT2D eigenvalue weighted by Gasteiger charge is -2.40. The van der Waals surface area contributed by atoms with Crippen LogP contribution in [0.5, 0.6) is 0 Å². The summed E-state index contributed by atoms with van der Waals surface area (Å²) < 4.78 is 5.44. The highest BCUT2D eigenvalue weighted by Crippen LogP contribution is 2.38. The molecule has 1 amide bonds. The smallest absolute Gasteiger partial charge is 0.237 e. The first-order valence-electron chi connectivity index (χ1n) is 10.1. The quantitative estimate of drug-likeness (QED) is 0.814. The molecule has 2 N–H and O–H groups in total. The lowest BCUT2D eigenvalue weighted by molar-refractivity contribution is -0.127. The van der Waals surface area contributed by atoms with E-state index in [0.717, 1.165) is 45.4 Å². The molecule has 0 aromatic heterocycles. The molecular formula is C20H36N2O3. The highest BCUT2D eigenvalue weighted by molar-refractivity contribution is 5.82. The van der Waals surface area contributed by atoms with Gasteiger partial charge in [0.1, 0.15) is 0 Å². The van der Waals surface area contributed by atoms with Gasteiger partial charge in [-0.3, -0.25) is 9.69 Å². The molecule has 5 heteroatoms. The van der Waals surface area contributed by atoms with E-state index in [1.165, 1.54) is 6.42 Å². The van der Waals surface area contributed by atoms with Gasteiger partial charge in [-0.05, 0) is 55.8 Å². The Morgan fingerprint density at radius 1 is 1.24 bits per heavy atom. The zero-order chi connectivity index (χ0) is 18.0. The molecule has 144 valence electrons. The Morgan fingerprint density at radius 2 is 1.96 bits per heavy atom. The SMILES string of the molecule is CC1CC(NC(=O)[C@@H]2C[C@H](O)CN2CC2CCOCC2)CC(C)(C)C1. The van der Waals surface area contributed by atoms with Gasteiger partial charge >= 0.3 is 0 Å². The summed E-state index contributed by atoms with van der Waals surface area (Å²) in [5, 5.41) is 13.5. The lowest BCUT2D eigenvalue weighted by atomic mass is 9.70. The van der Waals surface area contributed by atoms with Gasteiger partial charge in [0.25, 0.3) is 0 Å². The number of rotatable bonds is 4. The van der Waals surface area contributed by atoms with Crippen LogP contribution in [0.1, 0.15) is 59.3 Å². The summed E-state index contributed by atoms with van der Waals surface area (Å²) in [7, 11) is 0. The fraction of sp³-hybridized carbons (Fsp3) is 0.950. The summed E-state index contributed by atoms with van der Waals surface area (Å²) in [6.07, 6.45) is 5.68. The number of aliphatic hydroxyl groups excluding tert-OH is 1. The van der Waals surface area contributed by atoms with Crippen molar-refractivity contribution in [1.29, 1.82) is 0 Å². The van der Waals surface area contributed by atoms with E-state index < -0.39 is 0 Å². The van der Waals surface area contributed by atoms with Crippen LogP contribution < -0.4 is 5.32 Å². The molecule has 3 rings (SSSR count). The second-order valence-corrected chi connectivity index (χ2v) is 9.53. The van der Waals surface area contributed by atoms with Crippen molar-refractivity contribution in [2.24, 2.45) is 17.3 Å². The molecule has 0 spiro atoms. The Labute approximate surface area is 152 Å². The van der Waals surface area contributed by atoms with Crippen molar-refractivity contribution in [2.45, 2.75) is 77.5 Å². The molecular weight excluding hydrogens is 316 g/mol. The van der Waals surface area contributed by atoms with E-state index in [0.29, 0.717) is 30.2 Å². The molecule has 25 heavy (non-hydrogen) atoms. The van der Waals surface area contributed by atoms with Gasteiger partial charge in [-0.15, -0.1) is 0 Å². The summed E-state index contributed by atoms with van der Waals surface area (Å²) >= 11 is 0. The van der Waals surface area contributed by atoms with Gasteiger partial charge < -0.3 is 15.2 Å². The van der Waals surface area contributed by atoms with Gasteiger partial charge in [0.05, 0.1) is 12.1 Å². The van der Waals surface area contributed by atoms with E-state index >= 15 is 0 Å². The third-order valence-corrected chi connectivity index (χ3v) is 6.25. The zero-order valence-electron chi connectivity index (χ0n) is 16.2. The lowest BCUT2D eigenvalue weighted by Crippen LogP contribution is -2.50. The van der Waals surface area contributed by atoms with Crippen LogP contribution in [0.25, 0.3) is 0 Å². The second-order valence-electron chi connectivity index (χ2n) is 9.53. The van der Waals surface area contributed by atoms with Gasteiger partial charge in [-0.25, -0.2) is 0 Å². The molecule has 3 aliphatic rings. The molecule has 2 aliphatic heterocycles. The molecule has 1 saturated carbocycles. The maximum absolute atomic E-state index is 12.9. The number of ether oxygens (including phenoxy) is 1. The summed E-state index contributed by atoms with van der Waals surface area (Å²) in [5.74, 6) is 1.36. The third-order valence-electron chi connectivity index (χ3n) is 6.25. The Morgan fingerprint density at radius 3 is 2.64 bits per heavy atom. The van der Waals surface area contributed by atoms with Crippen molar-refractivity contribution in [1.82, 2.24) is 10.2 Å².